The third kappa shape index (κ3) is 8.30. The molecule has 4 N–H and O–H groups in total. The second-order valence-electron chi connectivity index (χ2n) is 9.42. The molecule has 1 aliphatic rings. The van der Waals surface area contributed by atoms with Crippen LogP contribution in [0.25, 0.3) is 0 Å². The van der Waals surface area contributed by atoms with Crippen molar-refractivity contribution in [3.05, 3.63) is 66.2 Å². The molecule has 10 nitrogen and oxygen atoms in total. The van der Waals surface area contributed by atoms with Crippen LogP contribution in [0.5, 0.6) is 0 Å². The number of benzene rings is 2. The monoisotopic (exact) mass is 544 g/mol. The van der Waals surface area contributed by atoms with Gasteiger partial charge in [-0.1, -0.05) is 60.3 Å². The number of anilines is 1. The van der Waals surface area contributed by atoms with Crippen molar-refractivity contribution < 1.29 is 38.9 Å². The molecule has 1 fully saturated rings. The highest BCUT2D eigenvalue weighted by Gasteiger charge is 2.42. The fourth-order valence-corrected chi connectivity index (χ4v) is 4.89. The maximum absolute atomic E-state index is 13.6. The van der Waals surface area contributed by atoms with Gasteiger partial charge in [-0.2, -0.15) is 0 Å². The third-order valence-electron chi connectivity index (χ3n) is 5.94. The predicted octanol–water partition coefficient (Wildman–Crippen LogP) is 3.13. The number of carboxylic acid groups (broad SMARTS) is 2. The first-order valence-corrected chi connectivity index (χ1v) is 13.1. The highest BCUT2D eigenvalue weighted by atomic mass is 32.2. The van der Waals surface area contributed by atoms with Crippen LogP contribution in [0.1, 0.15) is 32.3 Å². The lowest BCUT2D eigenvalue weighted by atomic mass is 9.97. The zero-order valence-corrected chi connectivity index (χ0v) is 22.0. The van der Waals surface area contributed by atoms with Crippen LogP contribution >= 0.6 is 11.8 Å². The van der Waals surface area contributed by atoms with Crippen molar-refractivity contribution in [2.24, 2.45) is 5.92 Å². The Hall–Kier alpha value is -3.41. The molecule has 0 aromatic heterocycles. The maximum atomic E-state index is 13.6. The Morgan fingerprint density at radius 1 is 1.05 bits per heavy atom. The van der Waals surface area contributed by atoms with Crippen molar-refractivity contribution in [2.75, 3.05) is 17.7 Å². The Morgan fingerprint density at radius 2 is 1.68 bits per heavy atom. The molecule has 2 aromatic rings. The molecule has 1 saturated heterocycles. The molecule has 0 spiro atoms. The van der Waals surface area contributed by atoms with Crippen LogP contribution in [0.15, 0.2) is 60.7 Å². The van der Waals surface area contributed by atoms with Crippen molar-refractivity contribution in [1.82, 2.24) is 5.32 Å². The summed E-state index contributed by atoms with van der Waals surface area (Å²) in [5.74, 6) is -4.90. The first-order valence-electron chi connectivity index (χ1n) is 12.1. The van der Waals surface area contributed by atoms with Gasteiger partial charge in [0.15, 0.2) is 11.9 Å². The van der Waals surface area contributed by atoms with Gasteiger partial charge in [0, 0.05) is 24.3 Å². The van der Waals surface area contributed by atoms with E-state index in [1.54, 1.807) is 44.2 Å². The normalized spacial score (nSPS) is 18.6. The van der Waals surface area contributed by atoms with E-state index >= 15 is 0 Å². The summed E-state index contributed by atoms with van der Waals surface area (Å²) < 4.78 is 11.1. The first-order chi connectivity index (χ1) is 18.0. The standard InChI is InChI=1S/C27H32N2O8S/c1-26(2)36-16-21(37-26)24(33)38-17-19(15-18-9-5-3-6-10-18)23(32)29-27(25(34)35,14-13-22(30)31)28-20-11-7-4-8-12-20/h3-12,19,21,28H,13-17H2,1-2H3,(H,29,32)(H,30,31)(H,34,35)/t19-,21+,27+/m1/s1. The molecule has 38 heavy (non-hydrogen) atoms. The van der Waals surface area contributed by atoms with Gasteiger partial charge in [0.1, 0.15) is 0 Å². The SMILES string of the molecule is CC1(C)OC[C@@H](C(=O)SC[C@@H](Cc2ccccc2)C(=O)N[C@](CCC(=O)O)(Nc2ccccc2)C(=O)O)O1. The lowest BCUT2D eigenvalue weighted by molar-refractivity contribution is -0.148. The molecule has 204 valence electrons. The van der Waals surface area contributed by atoms with E-state index in [0.29, 0.717) is 5.69 Å². The number of carbonyl (C=O) groups is 4. The smallest absolute Gasteiger partial charge is 0.350 e. The lowest BCUT2D eigenvalue weighted by Gasteiger charge is -2.33. The lowest BCUT2D eigenvalue weighted by Crippen LogP contribution is -2.61. The van der Waals surface area contributed by atoms with Crippen LogP contribution in [0.3, 0.4) is 0 Å². The number of carbonyl (C=O) groups excluding carboxylic acids is 2. The molecular formula is C27H32N2O8S. The first kappa shape index (κ1) is 29.2. The fraction of sp³-hybridized carbons (Fsp3) is 0.407. The molecule has 0 aliphatic carbocycles. The average molecular weight is 545 g/mol. The quantitative estimate of drug-likeness (QED) is 0.277. The number of para-hydroxylation sites is 1. The van der Waals surface area contributed by atoms with Crippen LogP contribution in [-0.2, 0) is 35.1 Å². The third-order valence-corrected chi connectivity index (χ3v) is 7.06. The second kappa shape index (κ2) is 12.9. The Balaban J connectivity index is 1.82. The van der Waals surface area contributed by atoms with Crippen molar-refractivity contribution in [2.45, 2.75) is 50.7 Å². The largest absolute Gasteiger partial charge is 0.481 e. The molecule has 3 rings (SSSR count). The van der Waals surface area contributed by atoms with Gasteiger partial charge >= 0.3 is 11.9 Å². The number of hydrogen-bond acceptors (Lipinski definition) is 8. The van der Waals surface area contributed by atoms with E-state index in [2.05, 4.69) is 10.6 Å². The van der Waals surface area contributed by atoms with E-state index in [4.69, 9.17) is 9.47 Å². The van der Waals surface area contributed by atoms with Crippen LogP contribution < -0.4 is 10.6 Å². The molecule has 3 atom stereocenters. The van der Waals surface area contributed by atoms with Crippen LogP contribution in [0.4, 0.5) is 5.69 Å². The summed E-state index contributed by atoms with van der Waals surface area (Å²) in [5, 5.41) is 24.5. The maximum Gasteiger partial charge on any atom is 0.350 e. The minimum Gasteiger partial charge on any atom is -0.481 e. The van der Waals surface area contributed by atoms with E-state index in [9.17, 15) is 29.4 Å². The van der Waals surface area contributed by atoms with E-state index < -0.39 is 54.2 Å². The van der Waals surface area contributed by atoms with Gasteiger partial charge in [-0.15, -0.1) is 0 Å². The Morgan fingerprint density at radius 3 is 2.24 bits per heavy atom. The number of carboxylic acids is 2. The van der Waals surface area contributed by atoms with Crippen LogP contribution in [0, 0.1) is 5.92 Å². The number of amides is 1. The van der Waals surface area contributed by atoms with Gasteiger partial charge in [-0.25, -0.2) is 4.79 Å². The molecular weight excluding hydrogens is 512 g/mol. The summed E-state index contributed by atoms with van der Waals surface area (Å²) in [7, 11) is 0. The minimum atomic E-state index is -2.09. The number of hydrogen-bond donors (Lipinski definition) is 4. The predicted molar refractivity (Wildman–Crippen MR) is 141 cm³/mol. The molecule has 2 aromatic carbocycles. The van der Waals surface area contributed by atoms with E-state index in [1.165, 1.54) is 0 Å². The van der Waals surface area contributed by atoms with Gasteiger partial charge in [0.05, 0.1) is 12.5 Å². The minimum absolute atomic E-state index is 0.0554. The molecule has 1 amide bonds. The van der Waals surface area contributed by atoms with Gasteiger partial charge in [-0.3, -0.25) is 14.4 Å². The molecule has 0 bridgehead atoms. The summed E-state index contributed by atoms with van der Waals surface area (Å²) in [5.41, 5.74) is -0.872. The van der Waals surface area contributed by atoms with E-state index in [0.717, 1.165) is 17.3 Å². The number of rotatable bonds is 13. The number of aliphatic carboxylic acids is 2. The highest BCUT2D eigenvalue weighted by Crippen LogP contribution is 2.27. The Bertz CT molecular complexity index is 1130. The molecule has 11 heteroatoms. The molecule has 0 radical (unpaired) electrons. The van der Waals surface area contributed by atoms with Gasteiger partial charge < -0.3 is 30.3 Å². The van der Waals surface area contributed by atoms with Crippen molar-refractivity contribution in [3.8, 4) is 0 Å². The Kier molecular flexibility index (Phi) is 9.90. The summed E-state index contributed by atoms with van der Waals surface area (Å²) >= 11 is 0.920. The number of ether oxygens (including phenoxy) is 2. The van der Waals surface area contributed by atoms with E-state index in [1.807, 2.05) is 30.3 Å². The molecule has 1 aliphatic heterocycles. The summed E-state index contributed by atoms with van der Waals surface area (Å²) in [6.07, 6.45) is -1.45. The summed E-state index contributed by atoms with van der Waals surface area (Å²) in [6.45, 7) is 3.52. The van der Waals surface area contributed by atoms with Crippen molar-refractivity contribution >= 4 is 40.4 Å². The number of nitrogens with one attached hydrogen (secondary N) is 2. The van der Waals surface area contributed by atoms with E-state index in [-0.39, 0.29) is 23.9 Å². The molecule has 1 heterocycles. The summed E-state index contributed by atoms with van der Waals surface area (Å²) in [6, 6.07) is 17.5. The Labute approximate surface area is 225 Å². The van der Waals surface area contributed by atoms with Gasteiger partial charge in [-0.05, 0) is 38.0 Å². The summed E-state index contributed by atoms with van der Waals surface area (Å²) in [4.78, 5) is 50.2. The van der Waals surface area contributed by atoms with Crippen molar-refractivity contribution in [1.29, 1.82) is 0 Å². The molecule has 0 unspecified atom stereocenters. The zero-order valence-electron chi connectivity index (χ0n) is 21.2. The topological polar surface area (TPSA) is 151 Å². The average Bonchev–Trinajstić information content (AvgIpc) is 3.25. The van der Waals surface area contributed by atoms with Gasteiger partial charge in [0.2, 0.25) is 16.7 Å². The highest BCUT2D eigenvalue weighted by molar-refractivity contribution is 8.13. The zero-order chi connectivity index (χ0) is 27.8. The van der Waals surface area contributed by atoms with Gasteiger partial charge in [0.25, 0.3) is 0 Å². The molecule has 0 saturated carbocycles. The fourth-order valence-electron chi connectivity index (χ4n) is 3.95. The van der Waals surface area contributed by atoms with Crippen molar-refractivity contribution in [3.63, 3.8) is 0 Å². The van der Waals surface area contributed by atoms with Crippen LogP contribution in [0.2, 0.25) is 0 Å². The van der Waals surface area contributed by atoms with Crippen LogP contribution in [-0.4, -0.2) is 63.1 Å². The number of thioether (sulfide) groups is 1. The second-order valence-corrected chi connectivity index (χ2v) is 10.4.